The fourth-order valence-electron chi connectivity index (χ4n) is 2.23. The molecular weight excluding hydrogens is 240 g/mol. The maximum absolute atomic E-state index is 11.7. The maximum Gasteiger partial charge on any atom is 0.271 e. The van der Waals surface area contributed by atoms with Gasteiger partial charge in [-0.25, -0.2) is 9.97 Å². The fourth-order valence-corrected chi connectivity index (χ4v) is 2.23. The van der Waals surface area contributed by atoms with E-state index in [1.54, 1.807) is 12.4 Å². The highest BCUT2D eigenvalue weighted by atomic mass is 16.1. The van der Waals surface area contributed by atoms with E-state index in [-0.39, 0.29) is 5.91 Å². The Morgan fingerprint density at radius 2 is 1.95 bits per heavy atom. The summed E-state index contributed by atoms with van der Waals surface area (Å²) < 4.78 is 0. The molecule has 104 valence electrons. The van der Waals surface area contributed by atoms with Crippen LogP contribution < -0.4 is 10.2 Å². The zero-order valence-corrected chi connectivity index (χ0v) is 11.6. The number of aromatic nitrogens is 2. The molecular formula is C14H22N4O. The number of hydrogen-bond acceptors (Lipinski definition) is 4. The highest BCUT2D eigenvalue weighted by Gasteiger charge is 2.13. The van der Waals surface area contributed by atoms with E-state index in [2.05, 4.69) is 20.2 Å². The molecule has 0 atom stereocenters. The molecule has 1 aromatic rings. The van der Waals surface area contributed by atoms with Crippen molar-refractivity contribution in [2.45, 2.75) is 39.0 Å². The first-order valence-corrected chi connectivity index (χ1v) is 7.16. The van der Waals surface area contributed by atoms with Crippen LogP contribution in [0.5, 0.6) is 0 Å². The van der Waals surface area contributed by atoms with Gasteiger partial charge in [-0.1, -0.05) is 19.8 Å². The molecule has 1 aromatic heterocycles. The van der Waals surface area contributed by atoms with Gasteiger partial charge in [0.1, 0.15) is 11.5 Å². The van der Waals surface area contributed by atoms with Gasteiger partial charge in [0.05, 0.1) is 12.4 Å². The zero-order valence-electron chi connectivity index (χ0n) is 11.6. The van der Waals surface area contributed by atoms with Crippen molar-refractivity contribution in [1.29, 1.82) is 0 Å². The second-order valence-electron chi connectivity index (χ2n) is 4.92. The van der Waals surface area contributed by atoms with Crippen molar-refractivity contribution in [3.63, 3.8) is 0 Å². The van der Waals surface area contributed by atoms with Crippen molar-refractivity contribution >= 4 is 11.7 Å². The van der Waals surface area contributed by atoms with E-state index in [9.17, 15) is 4.79 Å². The lowest BCUT2D eigenvalue weighted by Gasteiger charge is -2.20. The summed E-state index contributed by atoms with van der Waals surface area (Å²) in [5, 5.41) is 2.80. The van der Waals surface area contributed by atoms with Crippen LogP contribution in [-0.2, 0) is 0 Å². The standard InChI is InChI=1S/C14H22N4O/c1-2-7-15-14(19)12-10-17-13(11-16-12)18-8-5-3-4-6-9-18/h10-11H,2-9H2,1H3,(H,15,19). The van der Waals surface area contributed by atoms with Crippen molar-refractivity contribution in [3.05, 3.63) is 18.1 Å². The number of nitrogens with zero attached hydrogens (tertiary/aromatic N) is 3. The van der Waals surface area contributed by atoms with Gasteiger partial charge in [-0.2, -0.15) is 0 Å². The molecule has 2 rings (SSSR count). The number of anilines is 1. The Hall–Kier alpha value is -1.65. The van der Waals surface area contributed by atoms with Crippen LogP contribution in [0.3, 0.4) is 0 Å². The molecule has 1 N–H and O–H groups in total. The summed E-state index contributed by atoms with van der Waals surface area (Å²) in [7, 11) is 0. The minimum atomic E-state index is -0.142. The van der Waals surface area contributed by atoms with Crippen LogP contribution in [0, 0.1) is 0 Å². The van der Waals surface area contributed by atoms with Crippen LogP contribution in [0.4, 0.5) is 5.82 Å². The van der Waals surface area contributed by atoms with Crippen molar-refractivity contribution < 1.29 is 4.79 Å². The molecule has 0 radical (unpaired) electrons. The van der Waals surface area contributed by atoms with Gasteiger partial charge in [0.25, 0.3) is 5.91 Å². The largest absolute Gasteiger partial charge is 0.355 e. The predicted molar refractivity (Wildman–Crippen MR) is 75.3 cm³/mol. The molecule has 2 heterocycles. The van der Waals surface area contributed by atoms with E-state index in [0.717, 1.165) is 25.3 Å². The molecule has 0 aromatic carbocycles. The van der Waals surface area contributed by atoms with Crippen LogP contribution in [0.15, 0.2) is 12.4 Å². The number of carbonyl (C=O) groups excluding carboxylic acids is 1. The molecule has 5 heteroatoms. The molecule has 0 spiro atoms. The molecule has 1 amide bonds. The Labute approximate surface area is 114 Å². The highest BCUT2D eigenvalue weighted by molar-refractivity contribution is 5.91. The molecule has 19 heavy (non-hydrogen) atoms. The van der Waals surface area contributed by atoms with Gasteiger partial charge in [-0.05, 0) is 19.3 Å². The number of amides is 1. The SMILES string of the molecule is CCCNC(=O)c1cnc(N2CCCCCC2)cn1. The van der Waals surface area contributed by atoms with Gasteiger partial charge in [0.15, 0.2) is 0 Å². The molecule has 0 aliphatic carbocycles. The third kappa shape index (κ3) is 3.91. The minimum Gasteiger partial charge on any atom is -0.355 e. The summed E-state index contributed by atoms with van der Waals surface area (Å²) in [4.78, 5) is 22.6. The van der Waals surface area contributed by atoms with Crippen molar-refractivity contribution in [2.24, 2.45) is 0 Å². The summed E-state index contributed by atoms with van der Waals surface area (Å²) in [6.45, 7) is 4.77. The van der Waals surface area contributed by atoms with Crippen LogP contribution >= 0.6 is 0 Å². The molecule has 1 aliphatic rings. The van der Waals surface area contributed by atoms with Crippen LogP contribution in [0.1, 0.15) is 49.5 Å². The topological polar surface area (TPSA) is 58.1 Å². The Morgan fingerprint density at radius 3 is 2.53 bits per heavy atom. The van der Waals surface area contributed by atoms with Gasteiger partial charge in [-0.3, -0.25) is 4.79 Å². The van der Waals surface area contributed by atoms with E-state index >= 15 is 0 Å². The summed E-state index contributed by atoms with van der Waals surface area (Å²) in [6.07, 6.45) is 9.21. The zero-order chi connectivity index (χ0) is 13.5. The lowest BCUT2D eigenvalue weighted by Crippen LogP contribution is -2.27. The summed E-state index contributed by atoms with van der Waals surface area (Å²) in [5.74, 6) is 0.741. The second-order valence-corrected chi connectivity index (χ2v) is 4.92. The van der Waals surface area contributed by atoms with E-state index < -0.39 is 0 Å². The highest BCUT2D eigenvalue weighted by Crippen LogP contribution is 2.16. The number of hydrogen-bond donors (Lipinski definition) is 1. The Balaban J connectivity index is 1.98. The monoisotopic (exact) mass is 262 g/mol. The van der Waals surface area contributed by atoms with Crippen molar-refractivity contribution in [3.8, 4) is 0 Å². The third-order valence-corrected chi connectivity index (χ3v) is 3.34. The summed E-state index contributed by atoms with van der Waals surface area (Å²) >= 11 is 0. The van der Waals surface area contributed by atoms with Crippen LogP contribution in [0.2, 0.25) is 0 Å². The number of rotatable bonds is 4. The first-order valence-electron chi connectivity index (χ1n) is 7.16. The summed E-state index contributed by atoms with van der Waals surface area (Å²) in [6, 6.07) is 0. The second kappa shape index (κ2) is 7.07. The normalized spacial score (nSPS) is 15.9. The maximum atomic E-state index is 11.7. The number of nitrogens with one attached hydrogen (secondary N) is 1. The molecule has 1 fully saturated rings. The van der Waals surface area contributed by atoms with E-state index in [0.29, 0.717) is 12.2 Å². The average molecular weight is 262 g/mol. The molecule has 1 aliphatic heterocycles. The molecule has 0 unspecified atom stereocenters. The van der Waals surface area contributed by atoms with E-state index in [1.165, 1.54) is 25.7 Å². The lowest BCUT2D eigenvalue weighted by molar-refractivity contribution is 0.0948. The fraction of sp³-hybridized carbons (Fsp3) is 0.643. The minimum absolute atomic E-state index is 0.142. The van der Waals surface area contributed by atoms with E-state index in [1.807, 2.05) is 6.92 Å². The van der Waals surface area contributed by atoms with Gasteiger partial charge < -0.3 is 10.2 Å². The summed E-state index contributed by atoms with van der Waals surface area (Å²) in [5.41, 5.74) is 0.395. The molecule has 0 bridgehead atoms. The van der Waals surface area contributed by atoms with Crippen molar-refractivity contribution in [1.82, 2.24) is 15.3 Å². The molecule has 0 saturated carbocycles. The Morgan fingerprint density at radius 1 is 1.21 bits per heavy atom. The Bertz CT molecular complexity index is 396. The Kier molecular flexibility index (Phi) is 5.12. The first kappa shape index (κ1) is 13.8. The predicted octanol–water partition coefficient (Wildman–Crippen LogP) is 2.00. The lowest BCUT2D eigenvalue weighted by atomic mass is 10.2. The van der Waals surface area contributed by atoms with Gasteiger partial charge >= 0.3 is 0 Å². The average Bonchev–Trinajstić information content (AvgIpc) is 2.74. The van der Waals surface area contributed by atoms with Crippen molar-refractivity contribution in [2.75, 3.05) is 24.5 Å². The van der Waals surface area contributed by atoms with Crippen LogP contribution in [0.25, 0.3) is 0 Å². The quantitative estimate of drug-likeness (QED) is 0.901. The first-order chi connectivity index (χ1) is 9.31. The smallest absolute Gasteiger partial charge is 0.271 e. The van der Waals surface area contributed by atoms with Gasteiger partial charge in [0.2, 0.25) is 0 Å². The van der Waals surface area contributed by atoms with Gasteiger partial charge in [-0.15, -0.1) is 0 Å². The third-order valence-electron chi connectivity index (χ3n) is 3.34. The van der Waals surface area contributed by atoms with Gasteiger partial charge in [0, 0.05) is 19.6 Å². The molecule has 1 saturated heterocycles. The molecule has 5 nitrogen and oxygen atoms in total. The van der Waals surface area contributed by atoms with E-state index in [4.69, 9.17) is 0 Å². The number of carbonyl (C=O) groups is 1. The van der Waals surface area contributed by atoms with Crippen LogP contribution in [-0.4, -0.2) is 35.5 Å².